The van der Waals surface area contributed by atoms with Gasteiger partial charge in [0.15, 0.2) is 0 Å². The fourth-order valence-electron chi connectivity index (χ4n) is 2.99. The quantitative estimate of drug-likeness (QED) is 0.891. The van der Waals surface area contributed by atoms with Crippen LogP contribution in [-0.2, 0) is 6.42 Å². The molecule has 1 aliphatic rings. The molecule has 0 aromatic carbocycles. The van der Waals surface area contributed by atoms with Crippen molar-refractivity contribution in [1.29, 1.82) is 0 Å². The van der Waals surface area contributed by atoms with Gasteiger partial charge in [-0.1, -0.05) is 19.0 Å². The summed E-state index contributed by atoms with van der Waals surface area (Å²) in [4.78, 5) is 0. The van der Waals surface area contributed by atoms with Crippen molar-refractivity contribution in [2.45, 2.75) is 59.4 Å². The minimum Gasteiger partial charge on any atom is -0.361 e. The largest absolute Gasteiger partial charge is 0.361 e. The van der Waals surface area contributed by atoms with Crippen molar-refractivity contribution in [3.8, 4) is 0 Å². The number of aryl methyl sites for hydroxylation is 2. The van der Waals surface area contributed by atoms with Gasteiger partial charge in [0.1, 0.15) is 5.76 Å². The lowest BCUT2D eigenvalue weighted by molar-refractivity contribution is 0.227. The summed E-state index contributed by atoms with van der Waals surface area (Å²) in [5.74, 6) is 2.72. The van der Waals surface area contributed by atoms with E-state index < -0.39 is 0 Å². The highest BCUT2D eigenvalue weighted by molar-refractivity contribution is 5.20. The Labute approximate surface area is 110 Å². The number of rotatable bonds is 4. The van der Waals surface area contributed by atoms with Gasteiger partial charge in [-0.2, -0.15) is 0 Å². The molecule has 0 saturated heterocycles. The van der Waals surface area contributed by atoms with Crippen LogP contribution in [0.4, 0.5) is 0 Å². The van der Waals surface area contributed by atoms with Crippen LogP contribution in [0.3, 0.4) is 0 Å². The maximum Gasteiger partial charge on any atom is 0.137 e. The highest BCUT2D eigenvalue weighted by atomic mass is 16.5. The third-order valence-corrected chi connectivity index (χ3v) is 4.59. The van der Waals surface area contributed by atoms with Crippen LogP contribution >= 0.6 is 0 Å². The Hall–Kier alpha value is -0.830. The van der Waals surface area contributed by atoms with Crippen molar-refractivity contribution >= 4 is 0 Å². The molecule has 1 fully saturated rings. The summed E-state index contributed by atoms with van der Waals surface area (Å²) in [6, 6.07) is 0.705. The van der Waals surface area contributed by atoms with Gasteiger partial charge in [0.05, 0.1) is 5.69 Å². The number of hydrogen-bond donors (Lipinski definition) is 1. The molecule has 0 spiro atoms. The number of nitrogens with one attached hydrogen (secondary N) is 1. The monoisotopic (exact) mass is 250 g/mol. The van der Waals surface area contributed by atoms with Gasteiger partial charge in [0, 0.05) is 11.6 Å². The first-order valence-corrected chi connectivity index (χ1v) is 7.23. The minimum absolute atomic E-state index is 0.705. The van der Waals surface area contributed by atoms with E-state index >= 15 is 0 Å². The predicted molar refractivity (Wildman–Crippen MR) is 73.7 cm³/mol. The van der Waals surface area contributed by atoms with E-state index in [1.807, 2.05) is 13.8 Å². The Kier molecular flexibility index (Phi) is 4.44. The second-order valence-electron chi connectivity index (χ2n) is 5.97. The van der Waals surface area contributed by atoms with Gasteiger partial charge in [-0.05, 0) is 57.9 Å². The molecule has 102 valence electrons. The molecule has 1 aliphatic carbocycles. The van der Waals surface area contributed by atoms with E-state index in [1.165, 1.54) is 24.8 Å². The van der Waals surface area contributed by atoms with E-state index in [0.717, 1.165) is 36.3 Å². The van der Waals surface area contributed by atoms with Crippen LogP contribution < -0.4 is 5.32 Å². The van der Waals surface area contributed by atoms with Crippen molar-refractivity contribution < 1.29 is 4.52 Å². The number of hydrogen-bond acceptors (Lipinski definition) is 3. The molecule has 1 aromatic heterocycles. The van der Waals surface area contributed by atoms with E-state index in [1.54, 1.807) is 0 Å². The SMILES string of the molecule is Cc1noc(C)c1CCN[C@@H]1CC[C@@H](C)[C@H](C)C1. The van der Waals surface area contributed by atoms with E-state index in [2.05, 4.69) is 24.3 Å². The number of nitrogens with zero attached hydrogens (tertiary/aromatic N) is 1. The second-order valence-corrected chi connectivity index (χ2v) is 5.97. The highest BCUT2D eigenvalue weighted by Crippen LogP contribution is 2.29. The summed E-state index contributed by atoms with van der Waals surface area (Å²) in [7, 11) is 0. The molecule has 0 bridgehead atoms. The van der Waals surface area contributed by atoms with Crippen molar-refractivity contribution in [1.82, 2.24) is 10.5 Å². The summed E-state index contributed by atoms with van der Waals surface area (Å²) >= 11 is 0. The maximum absolute atomic E-state index is 5.19. The van der Waals surface area contributed by atoms with Crippen LogP contribution in [0.2, 0.25) is 0 Å². The van der Waals surface area contributed by atoms with Crippen LogP contribution in [0.5, 0.6) is 0 Å². The first-order valence-electron chi connectivity index (χ1n) is 7.23. The first kappa shape index (κ1) is 13.6. The van der Waals surface area contributed by atoms with Crippen molar-refractivity contribution in [3.05, 3.63) is 17.0 Å². The summed E-state index contributed by atoms with van der Waals surface area (Å²) in [5, 5.41) is 7.70. The van der Waals surface area contributed by atoms with Gasteiger partial charge in [-0.3, -0.25) is 0 Å². The molecule has 3 heteroatoms. The van der Waals surface area contributed by atoms with Gasteiger partial charge >= 0.3 is 0 Å². The lowest BCUT2D eigenvalue weighted by Crippen LogP contribution is -2.37. The third kappa shape index (κ3) is 3.14. The van der Waals surface area contributed by atoms with Gasteiger partial charge in [-0.15, -0.1) is 0 Å². The zero-order valence-electron chi connectivity index (χ0n) is 12.1. The fraction of sp³-hybridized carbons (Fsp3) is 0.800. The predicted octanol–water partition coefficient (Wildman–Crippen LogP) is 3.25. The molecule has 1 heterocycles. The molecule has 0 amide bonds. The fourth-order valence-corrected chi connectivity index (χ4v) is 2.99. The van der Waals surface area contributed by atoms with E-state index in [0.29, 0.717) is 6.04 Å². The molecular formula is C15H26N2O. The topological polar surface area (TPSA) is 38.1 Å². The van der Waals surface area contributed by atoms with E-state index in [9.17, 15) is 0 Å². The zero-order chi connectivity index (χ0) is 13.1. The number of aromatic nitrogens is 1. The van der Waals surface area contributed by atoms with E-state index in [4.69, 9.17) is 4.52 Å². The Morgan fingerprint density at radius 3 is 2.61 bits per heavy atom. The Morgan fingerprint density at radius 1 is 1.22 bits per heavy atom. The standard InChI is InChI=1S/C15H26N2O/c1-10-5-6-14(9-11(10)2)16-8-7-15-12(3)17-18-13(15)4/h10-11,14,16H,5-9H2,1-4H3/t10-,11-,14-/m1/s1. The average molecular weight is 250 g/mol. The second kappa shape index (κ2) is 5.87. The Morgan fingerprint density at radius 2 is 2.00 bits per heavy atom. The van der Waals surface area contributed by atoms with Gasteiger partial charge in [0.25, 0.3) is 0 Å². The van der Waals surface area contributed by atoms with Crippen molar-refractivity contribution in [3.63, 3.8) is 0 Å². The zero-order valence-corrected chi connectivity index (χ0v) is 12.1. The summed E-state index contributed by atoms with van der Waals surface area (Å²) < 4.78 is 5.19. The molecule has 3 nitrogen and oxygen atoms in total. The lowest BCUT2D eigenvalue weighted by Gasteiger charge is -2.32. The Balaban J connectivity index is 1.76. The molecule has 1 N–H and O–H groups in total. The summed E-state index contributed by atoms with van der Waals surface area (Å²) in [6.07, 6.45) is 5.04. The third-order valence-electron chi connectivity index (χ3n) is 4.59. The molecule has 0 radical (unpaired) electrons. The van der Waals surface area contributed by atoms with Crippen LogP contribution in [0.15, 0.2) is 4.52 Å². The van der Waals surface area contributed by atoms with Crippen LogP contribution in [0.25, 0.3) is 0 Å². The first-order chi connectivity index (χ1) is 8.58. The molecule has 18 heavy (non-hydrogen) atoms. The van der Waals surface area contributed by atoms with Crippen molar-refractivity contribution in [2.75, 3.05) is 6.54 Å². The minimum atomic E-state index is 0.705. The normalized spacial score (nSPS) is 28.6. The molecule has 1 saturated carbocycles. The molecule has 1 aromatic rings. The lowest BCUT2D eigenvalue weighted by atomic mass is 9.79. The molecule has 0 unspecified atom stereocenters. The summed E-state index contributed by atoms with van der Waals surface area (Å²) in [6.45, 7) is 9.82. The average Bonchev–Trinajstić information content (AvgIpc) is 2.65. The van der Waals surface area contributed by atoms with Crippen LogP contribution in [0.1, 0.15) is 50.1 Å². The van der Waals surface area contributed by atoms with Gasteiger partial charge in [0.2, 0.25) is 0 Å². The molecule has 2 rings (SSSR count). The van der Waals surface area contributed by atoms with Gasteiger partial charge in [-0.25, -0.2) is 0 Å². The summed E-state index contributed by atoms with van der Waals surface area (Å²) in [5.41, 5.74) is 2.32. The maximum atomic E-state index is 5.19. The van der Waals surface area contributed by atoms with Gasteiger partial charge < -0.3 is 9.84 Å². The highest BCUT2D eigenvalue weighted by Gasteiger charge is 2.23. The molecule has 3 atom stereocenters. The molecular weight excluding hydrogens is 224 g/mol. The van der Waals surface area contributed by atoms with Crippen LogP contribution in [-0.4, -0.2) is 17.7 Å². The van der Waals surface area contributed by atoms with Crippen molar-refractivity contribution in [2.24, 2.45) is 11.8 Å². The van der Waals surface area contributed by atoms with E-state index in [-0.39, 0.29) is 0 Å². The van der Waals surface area contributed by atoms with Crippen LogP contribution in [0, 0.1) is 25.7 Å². The smallest absolute Gasteiger partial charge is 0.137 e. The molecule has 0 aliphatic heterocycles. The Bertz CT molecular complexity index is 366.